The van der Waals surface area contributed by atoms with E-state index in [9.17, 15) is 9.90 Å². The molecule has 1 N–H and O–H groups in total. The van der Waals surface area contributed by atoms with Crippen molar-refractivity contribution in [3.63, 3.8) is 0 Å². The van der Waals surface area contributed by atoms with Crippen molar-refractivity contribution < 1.29 is 9.90 Å². The SMILES string of the molecule is Cc1nn(-c2cccc(Cl)c2)nc1C(=O)N1CC(CO)CCC1C. The van der Waals surface area contributed by atoms with Gasteiger partial charge in [-0.25, -0.2) is 0 Å². The van der Waals surface area contributed by atoms with Gasteiger partial charge in [-0.15, -0.1) is 5.10 Å². The third-order valence-corrected chi connectivity index (χ3v) is 4.76. The Morgan fingerprint density at radius 1 is 1.38 bits per heavy atom. The fraction of sp³-hybridized carbons (Fsp3) is 0.471. The van der Waals surface area contributed by atoms with Gasteiger partial charge in [0, 0.05) is 24.2 Å². The van der Waals surface area contributed by atoms with Crippen LogP contribution in [0.3, 0.4) is 0 Å². The average molecular weight is 349 g/mol. The van der Waals surface area contributed by atoms with Crippen LogP contribution in [0.15, 0.2) is 24.3 Å². The second-order valence-electron chi connectivity index (χ2n) is 6.34. The normalized spacial score (nSPS) is 21.1. The summed E-state index contributed by atoms with van der Waals surface area (Å²) in [7, 11) is 0. The van der Waals surface area contributed by atoms with Gasteiger partial charge in [0.1, 0.15) is 0 Å². The lowest BCUT2D eigenvalue weighted by Gasteiger charge is -2.37. The first-order chi connectivity index (χ1) is 11.5. The number of rotatable bonds is 3. The number of aryl methyl sites for hydroxylation is 1. The summed E-state index contributed by atoms with van der Waals surface area (Å²) < 4.78 is 0. The first-order valence-corrected chi connectivity index (χ1v) is 8.49. The highest BCUT2D eigenvalue weighted by Crippen LogP contribution is 2.24. The predicted molar refractivity (Wildman–Crippen MR) is 91.4 cm³/mol. The van der Waals surface area contributed by atoms with Gasteiger partial charge in [0.2, 0.25) is 0 Å². The molecule has 24 heavy (non-hydrogen) atoms. The number of benzene rings is 1. The van der Waals surface area contributed by atoms with Gasteiger partial charge in [-0.2, -0.15) is 9.90 Å². The third kappa shape index (κ3) is 3.30. The molecule has 2 heterocycles. The monoisotopic (exact) mass is 348 g/mol. The molecule has 1 amide bonds. The largest absolute Gasteiger partial charge is 0.396 e. The van der Waals surface area contributed by atoms with Crippen LogP contribution < -0.4 is 0 Å². The maximum absolute atomic E-state index is 12.9. The van der Waals surface area contributed by atoms with E-state index in [2.05, 4.69) is 10.2 Å². The van der Waals surface area contributed by atoms with Crippen LogP contribution in [0, 0.1) is 12.8 Å². The topological polar surface area (TPSA) is 71.2 Å². The molecule has 1 aromatic carbocycles. The van der Waals surface area contributed by atoms with Gasteiger partial charge in [0.05, 0.1) is 11.4 Å². The third-order valence-electron chi connectivity index (χ3n) is 4.52. The van der Waals surface area contributed by atoms with Gasteiger partial charge in [-0.3, -0.25) is 4.79 Å². The lowest BCUT2D eigenvalue weighted by molar-refractivity contribution is 0.0482. The summed E-state index contributed by atoms with van der Waals surface area (Å²) in [5, 5.41) is 18.7. The molecule has 1 aromatic heterocycles. The fourth-order valence-electron chi connectivity index (χ4n) is 3.04. The number of piperidine rings is 1. The van der Waals surface area contributed by atoms with Crippen molar-refractivity contribution in [1.29, 1.82) is 0 Å². The minimum absolute atomic E-state index is 0.102. The first kappa shape index (κ1) is 16.9. The molecule has 0 spiro atoms. The molecule has 0 bridgehead atoms. The molecule has 0 radical (unpaired) electrons. The Morgan fingerprint density at radius 3 is 2.88 bits per heavy atom. The number of aromatic nitrogens is 3. The van der Waals surface area contributed by atoms with E-state index >= 15 is 0 Å². The van der Waals surface area contributed by atoms with E-state index in [0.29, 0.717) is 28.6 Å². The highest BCUT2D eigenvalue weighted by Gasteiger charge is 2.31. The first-order valence-electron chi connectivity index (χ1n) is 8.11. The van der Waals surface area contributed by atoms with Crippen LogP contribution in [0.2, 0.25) is 5.02 Å². The second-order valence-corrected chi connectivity index (χ2v) is 6.77. The van der Waals surface area contributed by atoms with Gasteiger partial charge in [0.25, 0.3) is 5.91 Å². The summed E-state index contributed by atoms with van der Waals surface area (Å²) in [6, 6.07) is 7.32. The summed E-state index contributed by atoms with van der Waals surface area (Å²) in [6.07, 6.45) is 1.83. The van der Waals surface area contributed by atoms with Crippen molar-refractivity contribution in [2.45, 2.75) is 32.7 Å². The van der Waals surface area contributed by atoms with Crippen molar-refractivity contribution in [1.82, 2.24) is 19.9 Å². The molecule has 1 aliphatic rings. The Hall–Kier alpha value is -1.92. The van der Waals surface area contributed by atoms with Gasteiger partial charge in [-0.1, -0.05) is 17.7 Å². The molecule has 1 saturated heterocycles. The zero-order chi connectivity index (χ0) is 17.3. The molecule has 6 nitrogen and oxygen atoms in total. The summed E-state index contributed by atoms with van der Waals surface area (Å²) in [5.74, 6) is -0.000131. The van der Waals surface area contributed by atoms with Crippen LogP contribution in [-0.4, -0.2) is 50.1 Å². The summed E-state index contributed by atoms with van der Waals surface area (Å²) in [4.78, 5) is 16.1. The number of aliphatic hydroxyl groups excluding tert-OH is 1. The lowest BCUT2D eigenvalue weighted by atomic mass is 9.94. The number of hydrogen-bond acceptors (Lipinski definition) is 4. The summed E-state index contributed by atoms with van der Waals surface area (Å²) >= 11 is 6.01. The number of nitrogens with zero attached hydrogens (tertiary/aromatic N) is 4. The minimum Gasteiger partial charge on any atom is -0.396 e. The smallest absolute Gasteiger partial charge is 0.276 e. The number of aliphatic hydroxyl groups is 1. The van der Waals surface area contributed by atoms with E-state index in [-0.39, 0.29) is 24.5 Å². The molecule has 2 atom stereocenters. The molecule has 1 fully saturated rings. The summed E-state index contributed by atoms with van der Waals surface area (Å²) in [5.41, 5.74) is 1.64. The molecular weight excluding hydrogens is 328 g/mol. The van der Waals surface area contributed by atoms with Crippen LogP contribution >= 0.6 is 11.6 Å². The van der Waals surface area contributed by atoms with Crippen molar-refractivity contribution in [2.24, 2.45) is 5.92 Å². The molecule has 128 valence electrons. The molecule has 0 saturated carbocycles. The lowest BCUT2D eigenvalue weighted by Crippen LogP contribution is -2.46. The predicted octanol–water partition coefficient (Wildman–Crippen LogP) is 2.46. The van der Waals surface area contributed by atoms with Crippen LogP contribution in [0.1, 0.15) is 35.9 Å². The maximum Gasteiger partial charge on any atom is 0.276 e. The number of halogens is 1. The zero-order valence-corrected chi connectivity index (χ0v) is 14.6. The van der Waals surface area contributed by atoms with Gasteiger partial charge >= 0.3 is 0 Å². The molecule has 1 aliphatic heterocycles. The second kappa shape index (κ2) is 6.91. The Bertz CT molecular complexity index is 746. The van der Waals surface area contributed by atoms with E-state index in [1.54, 1.807) is 24.0 Å². The minimum atomic E-state index is -0.133. The highest BCUT2D eigenvalue weighted by molar-refractivity contribution is 6.30. The standard InChI is InChI=1S/C17H21ClN4O2/c1-11-6-7-13(10-23)9-21(11)17(24)16-12(2)19-22(20-16)15-5-3-4-14(18)8-15/h3-5,8,11,13,23H,6-7,9-10H2,1-2H3. The van der Waals surface area contributed by atoms with Crippen LogP contribution in [-0.2, 0) is 0 Å². The maximum atomic E-state index is 12.9. The Morgan fingerprint density at radius 2 is 2.17 bits per heavy atom. The van der Waals surface area contributed by atoms with Crippen molar-refractivity contribution in [3.8, 4) is 5.69 Å². The molecule has 2 unspecified atom stereocenters. The Labute approximate surface area is 146 Å². The van der Waals surface area contributed by atoms with E-state index < -0.39 is 0 Å². The molecule has 3 rings (SSSR count). The number of carbonyl (C=O) groups excluding carboxylic acids is 1. The summed E-state index contributed by atoms with van der Waals surface area (Å²) in [6.45, 7) is 4.46. The van der Waals surface area contributed by atoms with Crippen molar-refractivity contribution >= 4 is 17.5 Å². The molecular formula is C17H21ClN4O2. The van der Waals surface area contributed by atoms with Gasteiger partial charge in [0.15, 0.2) is 5.69 Å². The van der Waals surface area contributed by atoms with E-state index in [0.717, 1.165) is 12.8 Å². The van der Waals surface area contributed by atoms with Crippen LogP contribution in [0.25, 0.3) is 5.69 Å². The number of hydrogen-bond donors (Lipinski definition) is 1. The van der Waals surface area contributed by atoms with E-state index in [1.165, 1.54) is 4.80 Å². The molecule has 7 heteroatoms. The molecule has 2 aromatic rings. The number of amides is 1. The van der Waals surface area contributed by atoms with Gasteiger partial charge in [-0.05, 0) is 50.8 Å². The van der Waals surface area contributed by atoms with Gasteiger partial charge < -0.3 is 10.0 Å². The van der Waals surface area contributed by atoms with Crippen molar-refractivity contribution in [3.05, 3.63) is 40.7 Å². The quantitative estimate of drug-likeness (QED) is 0.924. The number of carbonyl (C=O) groups is 1. The molecule has 0 aliphatic carbocycles. The van der Waals surface area contributed by atoms with Crippen LogP contribution in [0.5, 0.6) is 0 Å². The van der Waals surface area contributed by atoms with Crippen LogP contribution in [0.4, 0.5) is 0 Å². The zero-order valence-electron chi connectivity index (χ0n) is 13.8. The van der Waals surface area contributed by atoms with Crippen molar-refractivity contribution in [2.75, 3.05) is 13.2 Å². The van der Waals surface area contributed by atoms with E-state index in [1.807, 2.05) is 19.1 Å². The fourth-order valence-corrected chi connectivity index (χ4v) is 3.23. The van der Waals surface area contributed by atoms with E-state index in [4.69, 9.17) is 11.6 Å². The Kier molecular flexibility index (Phi) is 4.87. The Balaban J connectivity index is 1.88. The highest BCUT2D eigenvalue weighted by atomic mass is 35.5. The average Bonchev–Trinajstić information content (AvgIpc) is 2.96. The number of likely N-dealkylation sites (tertiary alicyclic amines) is 1.